The highest BCUT2D eigenvalue weighted by atomic mass is 16.7. The van der Waals surface area contributed by atoms with E-state index in [0.29, 0.717) is 5.41 Å². The maximum atomic E-state index is 9.63. The van der Waals surface area contributed by atoms with Crippen molar-refractivity contribution in [1.82, 2.24) is 0 Å². The highest BCUT2D eigenvalue weighted by molar-refractivity contribution is 5.27. The van der Waals surface area contributed by atoms with Crippen molar-refractivity contribution in [2.75, 3.05) is 13.2 Å². The van der Waals surface area contributed by atoms with E-state index in [4.69, 9.17) is 9.47 Å². The molecule has 1 heterocycles. The zero-order valence-corrected chi connectivity index (χ0v) is 15.7. The van der Waals surface area contributed by atoms with Crippen LogP contribution < -0.4 is 0 Å². The van der Waals surface area contributed by atoms with Crippen molar-refractivity contribution in [3.63, 3.8) is 0 Å². The topological polar surface area (TPSA) is 42.2 Å². The van der Waals surface area contributed by atoms with Crippen molar-refractivity contribution in [3.8, 4) is 6.07 Å². The van der Waals surface area contributed by atoms with Crippen molar-refractivity contribution in [2.45, 2.75) is 71.0 Å². The molecule has 3 saturated carbocycles. The van der Waals surface area contributed by atoms with Gasteiger partial charge in [0.25, 0.3) is 0 Å². The molecule has 0 radical (unpaired) electrons. The van der Waals surface area contributed by atoms with Gasteiger partial charge in [-0.05, 0) is 67.1 Å². The third-order valence-corrected chi connectivity index (χ3v) is 9.08. The normalized spacial score (nSPS) is 50.5. The van der Waals surface area contributed by atoms with Gasteiger partial charge in [-0.25, -0.2) is 0 Å². The number of allylic oxidation sites excluding steroid dienone is 1. The van der Waals surface area contributed by atoms with E-state index < -0.39 is 0 Å². The first-order chi connectivity index (χ1) is 12.0. The van der Waals surface area contributed by atoms with Gasteiger partial charge in [0.1, 0.15) is 0 Å². The summed E-state index contributed by atoms with van der Waals surface area (Å²) in [5, 5.41) is 9.63. The van der Waals surface area contributed by atoms with E-state index in [1.807, 2.05) is 0 Å². The Bertz CT molecular complexity index is 643. The molecule has 3 nitrogen and oxygen atoms in total. The molecule has 136 valence electrons. The summed E-state index contributed by atoms with van der Waals surface area (Å²) in [5.74, 6) is 2.31. The van der Waals surface area contributed by atoms with Gasteiger partial charge in [0, 0.05) is 12.8 Å². The van der Waals surface area contributed by atoms with Crippen molar-refractivity contribution < 1.29 is 9.47 Å². The second kappa shape index (κ2) is 5.33. The number of hydrogen-bond acceptors (Lipinski definition) is 3. The number of fused-ring (bicyclic) bond motifs is 5. The Hall–Kier alpha value is -0.850. The van der Waals surface area contributed by atoms with Crippen LogP contribution in [0.4, 0.5) is 0 Å². The van der Waals surface area contributed by atoms with Crippen LogP contribution in [0.5, 0.6) is 0 Å². The number of nitriles is 1. The molecular weight excluding hydrogens is 310 g/mol. The van der Waals surface area contributed by atoms with Crippen molar-refractivity contribution in [2.24, 2.45) is 34.5 Å². The van der Waals surface area contributed by atoms with Gasteiger partial charge in [0.15, 0.2) is 5.79 Å². The molecule has 0 aromatic heterocycles. The summed E-state index contributed by atoms with van der Waals surface area (Å²) in [7, 11) is 0. The van der Waals surface area contributed by atoms with Crippen LogP contribution in [-0.4, -0.2) is 19.0 Å². The number of rotatable bonds is 0. The summed E-state index contributed by atoms with van der Waals surface area (Å²) < 4.78 is 12.1. The maximum absolute atomic E-state index is 9.63. The molecule has 0 N–H and O–H groups in total. The Morgan fingerprint density at radius 3 is 2.60 bits per heavy atom. The molecule has 0 bridgehead atoms. The van der Waals surface area contributed by atoms with Crippen LogP contribution >= 0.6 is 0 Å². The molecule has 1 saturated heterocycles. The summed E-state index contributed by atoms with van der Waals surface area (Å²) in [6.45, 7) is 6.46. The van der Waals surface area contributed by atoms with E-state index in [1.165, 1.54) is 32.1 Å². The molecule has 0 amide bonds. The van der Waals surface area contributed by atoms with E-state index >= 15 is 0 Å². The number of ether oxygens (including phenoxy) is 2. The summed E-state index contributed by atoms with van der Waals surface area (Å²) in [6.07, 6.45) is 11.9. The quantitative estimate of drug-likeness (QED) is 0.593. The molecule has 1 aliphatic heterocycles. The average molecular weight is 341 g/mol. The lowest BCUT2D eigenvalue weighted by molar-refractivity contribution is -0.185. The summed E-state index contributed by atoms with van der Waals surface area (Å²) >= 11 is 0. The maximum Gasteiger partial charge on any atom is 0.172 e. The van der Waals surface area contributed by atoms with E-state index in [9.17, 15) is 5.26 Å². The van der Waals surface area contributed by atoms with Crippen molar-refractivity contribution in [3.05, 3.63) is 11.6 Å². The van der Waals surface area contributed by atoms with Gasteiger partial charge in [0.2, 0.25) is 0 Å². The third-order valence-electron chi connectivity index (χ3n) is 9.08. The Labute approximate surface area is 151 Å². The van der Waals surface area contributed by atoms with Crippen LogP contribution in [0.3, 0.4) is 0 Å². The Morgan fingerprint density at radius 1 is 1.04 bits per heavy atom. The molecule has 0 aromatic carbocycles. The van der Waals surface area contributed by atoms with Gasteiger partial charge in [-0.2, -0.15) is 5.26 Å². The second-order valence-corrected chi connectivity index (χ2v) is 9.85. The fourth-order valence-corrected chi connectivity index (χ4v) is 7.56. The fourth-order valence-electron chi connectivity index (χ4n) is 7.56. The molecule has 0 unspecified atom stereocenters. The van der Waals surface area contributed by atoms with E-state index in [0.717, 1.165) is 50.2 Å². The van der Waals surface area contributed by atoms with E-state index in [-0.39, 0.29) is 17.1 Å². The SMILES string of the molecule is C[C@]12CC[C@@H]3[C@H](CC=C4CC5(CC[C@@]43C)OCCO5)[C@H]1CC[C@@H]2C#N. The Kier molecular flexibility index (Phi) is 3.48. The number of hydrogen-bond donors (Lipinski definition) is 0. The van der Waals surface area contributed by atoms with E-state index in [2.05, 4.69) is 26.0 Å². The second-order valence-electron chi connectivity index (χ2n) is 9.85. The monoisotopic (exact) mass is 341 g/mol. The first-order valence-electron chi connectivity index (χ1n) is 10.4. The smallest absolute Gasteiger partial charge is 0.172 e. The summed E-state index contributed by atoms with van der Waals surface area (Å²) in [4.78, 5) is 0. The molecule has 0 aromatic rings. The lowest BCUT2D eigenvalue weighted by Gasteiger charge is -2.58. The van der Waals surface area contributed by atoms with Crippen LogP contribution in [-0.2, 0) is 9.47 Å². The minimum atomic E-state index is -0.305. The number of nitrogens with zero attached hydrogens (tertiary/aromatic N) is 1. The highest BCUT2D eigenvalue weighted by Gasteiger charge is 2.60. The molecule has 5 rings (SSSR count). The standard InChI is InChI=1S/C22H31NO2/c1-20-8-7-19-17(18(20)6-4-16(20)14-23)5-3-15-13-22(24-11-12-25-22)10-9-21(15,19)2/h3,16-19H,4-13H2,1-2H3/t16-,17-,18-,19-,20-,21+/m1/s1. The van der Waals surface area contributed by atoms with Crippen LogP contribution in [0.2, 0.25) is 0 Å². The summed E-state index contributed by atoms with van der Waals surface area (Å²) in [6, 6.07) is 2.65. The average Bonchev–Trinajstić information content (AvgIpc) is 3.19. The van der Waals surface area contributed by atoms with Gasteiger partial charge in [-0.1, -0.05) is 25.5 Å². The van der Waals surface area contributed by atoms with Gasteiger partial charge < -0.3 is 9.47 Å². The Balaban J connectivity index is 1.45. The molecule has 4 aliphatic carbocycles. The van der Waals surface area contributed by atoms with Crippen LogP contribution in [0.25, 0.3) is 0 Å². The van der Waals surface area contributed by atoms with Gasteiger partial charge in [-0.3, -0.25) is 0 Å². The summed E-state index contributed by atoms with van der Waals surface area (Å²) in [5.41, 5.74) is 2.21. The largest absolute Gasteiger partial charge is 0.347 e. The first kappa shape index (κ1) is 16.3. The fraction of sp³-hybridized carbons (Fsp3) is 0.864. The first-order valence-corrected chi connectivity index (χ1v) is 10.4. The molecule has 1 spiro atoms. The molecule has 25 heavy (non-hydrogen) atoms. The van der Waals surface area contributed by atoms with Crippen molar-refractivity contribution in [1.29, 1.82) is 5.26 Å². The van der Waals surface area contributed by atoms with E-state index in [1.54, 1.807) is 5.57 Å². The predicted molar refractivity (Wildman–Crippen MR) is 95.4 cm³/mol. The zero-order valence-electron chi connectivity index (χ0n) is 15.7. The minimum absolute atomic E-state index is 0.269. The van der Waals surface area contributed by atoms with Gasteiger partial charge in [0.05, 0.1) is 25.2 Å². The highest BCUT2D eigenvalue weighted by Crippen LogP contribution is 2.66. The predicted octanol–water partition coefficient (Wildman–Crippen LogP) is 4.83. The van der Waals surface area contributed by atoms with Crippen LogP contribution in [0.15, 0.2) is 11.6 Å². The van der Waals surface area contributed by atoms with Crippen LogP contribution in [0.1, 0.15) is 65.2 Å². The molecular formula is C22H31NO2. The minimum Gasteiger partial charge on any atom is -0.347 e. The molecule has 3 heteroatoms. The van der Waals surface area contributed by atoms with Crippen molar-refractivity contribution >= 4 is 0 Å². The lowest BCUT2D eigenvalue weighted by Crippen LogP contribution is -2.52. The third kappa shape index (κ3) is 2.10. The van der Waals surface area contributed by atoms with Gasteiger partial charge >= 0.3 is 0 Å². The van der Waals surface area contributed by atoms with Crippen LogP contribution in [0, 0.1) is 45.8 Å². The lowest BCUT2D eigenvalue weighted by atomic mass is 9.47. The zero-order chi connectivity index (χ0) is 17.3. The molecule has 4 fully saturated rings. The molecule has 5 aliphatic rings. The van der Waals surface area contributed by atoms with Gasteiger partial charge in [-0.15, -0.1) is 0 Å². The molecule has 6 atom stereocenters. The Morgan fingerprint density at radius 2 is 1.84 bits per heavy atom.